The minimum atomic E-state index is -0.438. The third-order valence-corrected chi connectivity index (χ3v) is 4.00. The van der Waals surface area contributed by atoms with Crippen molar-refractivity contribution in [1.29, 1.82) is 0 Å². The molecule has 0 unspecified atom stereocenters. The van der Waals surface area contributed by atoms with Gasteiger partial charge in [-0.3, -0.25) is 15.0 Å². The van der Waals surface area contributed by atoms with Gasteiger partial charge in [0.2, 0.25) is 5.91 Å². The number of anilines is 1. The molecule has 6 heteroatoms. The number of hydrogen-bond donors (Lipinski definition) is 2. The lowest BCUT2D eigenvalue weighted by Crippen LogP contribution is -2.50. The number of carbonyl (C=O) groups is 2. The average molecular weight is 304 g/mol. The summed E-state index contributed by atoms with van der Waals surface area (Å²) in [5.41, 5.74) is 2.39. The number of carbonyl (C=O) groups excluding carboxylic acids is 2. The monoisotopic (exact) mass is 304 g/mol. The van der Waals surface area contributed by atoms with Crippen LogP contribution >= 0.6 is 0 Å². The second-order valence-corrected chi connectivity index (χ2v) is 5.55. The molecule has 3 amide bonds. The number of urea groups is 1. The van der Waals surface area contributed by atoms with Crippen LogP contribution in [-0.4, -0.2) is 49.6 Å². The van der Waals surface area contributed by atoms with E-state index in [9.17, 15) is 9.59 Å². The highest BCUT2D eigenvalue weighted by Crippen LogP contribution is 2.24. The summed E-state index contributed by atoms with van der Waals surface area (Å²) >= 11 is 0. The fourth-order valence-corrected chi connectivity index (χ4v) is 2.63. The molecule has 0 fully saturated rings. The molecule has 1 aromatic carbocycles. The van der Waals surface area contributed by atoms with Crippen LogP contribution < -0.4 is 15.5 Å². The van der Waals surface area contributed by atoms with Gasteiger partial charge in [-0.25, -0.2) is 4.79 Å². The first-order chi connectivity index (χ1) is 10.5. The van der Waals surface area contributed by atoms with Crippen molar-refractivity contribution in [1.82, 2.24) is 15.5 Å². The smallest absolute Gasteiger partial charge is 0.321 e. The molecule has 1 heterocycles. The maximum absolute atomic E-state index is 12.2. The zero-order valence-corrected chi connectivity index (χ0v) is 13.4. The van der Waals surface area contributed by atoms with Gasteiger partial charge in [-0.2, -0.15) is 0 Å². The van der Waals surface area contributed by atoms with Crippen molar-refractivity contribution in [2.24, 2.45) is 0 Å². The van der Waals surface area contributed by atoms with Gasteiger partial charge in [0.15, 0.2) is 0 Å². The first-order valence-corrected chi connectivity index (χ1v) is 7.64. The molecule has 6 nitrogen and oxygen atoms in total. The number of benzene rings is 1. The molecule has 0 saturated heterocycles. The van der Waals surface area contributed by atoms with Crippen molar-refractivity contribution in [2.75, 3.05) is 31.6 Å². The Labute approximate surface area is 131 Å². The maximum atomic E-state index is 12.2. The van der Waals surface area contributed by atoms with E-state index < -0.39 is 6.03 Å². The Hall–Kier alpha value is -2.08. The van der Waals surface area contributed by atoms with Crippen LogP contribution in [0.1, 0.15) is 19.4 Å². The number of likely N-dealkylation sites (N-methyl/N-ethyl adjacent to an activating group) is 1. The van der Waals surface area contributed by atoms with Crippen molar-refractivity contribution in [3.8, 4) is 0 Å². The summed E-state index contributed by atoms with van der Waals surface area (Å²) in [5.74, 6) is -0.270. The van der Waals surface area contributed by atoms with E-state index >= 15 is 0 Å². The lowest BCUT2D eigenvalue weighted by Gasteiger charge is -2.26. The number of rotatable bonds is 3. The van der Waals surface area contributed by atoms with E-state index in [0.717, 1.165) is 13.1 Å². The Bertz CT molecular complexity index is 547. The third kappa shape index (κ3) is 3.76. The van der Waals surface area contributed by atoms with E-state index in [0.29, 0.717) is 13.1 Å². The molecule has 1 aliphatic rings. The Morgan fingerprint density at radius 3 is 2.73 bits per heavy atom. The van der Waals surface area contributed by atoms with Gasteiger partial charge in [-0.05, 0) is 25.5 Å². The summed E-state index contributed by atoms with van der Waals surface area (Å²) in [7, 11) is 2.06. The number of amides is 3. The predicted molar refractivity (Wildman–Crippen MR) is 86.8 cm³/mol. The SMILES string of the molecule is CCNC(=O)NC(=O)[C@@H](C)N1CCN(C)c2ccccc2C1. The highest BCUT2D eigenvalue weighted by Gasteiger charge is 2.26. The molecule has 0 spiro atoms. The average Bonchev–Trinajstić information content (AvgIpc) is 2.66. The minimum Gasteiger partial charge on any atom is -0.373 e. The Balaban J connectivity index is 2.06. The second-order valence-electron chi connectivity index (χ2n) is 5.55. The van der Waals surface area contributed by atoms with Crippen LogP contribution in [0.3, 0.4) is 0 Å². The molecular weight excluding hydrogens is 280 g/mol. The van der Waals surface area contributed by atoms with Crippen molar-refractivity contribution >= 4 is 17.6 Å². The van der Waals surface area contributed by atoms with Gasteiger partial charge in [-0.15, -0.1) is 0 Å². The van der Waals surface area contributed by atoms with Gasteiger partial charge in [0.05, 0.1) is 6.04 Å². The lowest BCUT2D eigenvalue weighted by molar-refractivity contribution is -0.124. The Morgan fingerprint density at radius 2 is 2.00 bits per heavy atom. The van der Waals surface area contributed by atoms with Gasteiger partial charge < -0.3 is 10.2 Å². The van der Waals surface area contributed by atoms with E-state index in [2.05, 4.69) is 39.6 Å². The molecule has 0 aromatic heterocycles. The molecular formula is C16H24N4O2. The standard InChI is InChI=1S/C16H24N4O2/c1-4-17-16(22)18-15(21)12(2)20-10-9-19(3)14-8-6-5-7-13(14)11-20/h5-8,12H,4,9-11H2,1-3H3,(H2,17,18,21,22)/t12-/m1/s1. The Kier molecular flexibility index (Phi) is 5.38. The number of fused-ring (bicyclic) bond motifs is 1. The minimum absolute atomic E-state index is 0.270. The normalized spacial score (nSPS) is 16.4. The lowest BCUT2D eigenvalue weighted by atomic mass is 10.1. The number of nitrogens with one attached hydrogen (secondary N) is 2. The summed E-state index contributed by atoms with van der Waals surface area (Å²) in [6.45, 7) is 6.46. The van der Waals surface area contributed by atoms with Crippen LogP contribution in [0, 0.1) is 0 Å². The van der Waals surface area contributed by atoms with E-state index in [4.69, 9.17) is 0 Å². The van der Waals surface area contributed by atoms with E-state index in [1.165, 1.54) is 11.3 Å². The highest BCUT2D eigenvalue weighted by atomic mass is 16.2. The van der Waals surface area contributed by atoms with Crippen LogP contribution in [0.25, 0.3) is 0 Å². The molecule has 0 saturated carbocycles. The van der Waals surface area contributed by atoms with E-state index in [1.807, 2.05) is 26.0 Å². The van der Waals surface area contributed by atoms with Crippen LogP contribution in [0.15, 0.2) is 24.3 Å². The first-order valence-electron chi connectivity index (χ1n) is 7.64. The van der Waals surface area contributed by atoms with Gasteiger partial charge >= 0.3 is 6.03 Å². The first kappa shape index (κ1) is 16.3. The zero-order valence-electron chi connectivity index (χ0n) is 13.4. The number of hydrogen-bond acceptors (Lipinski definition) is 4. The number of nitrogens with zero attached hydrogens (tertiary/aromatic N) is 2. The van der Waals surface area contributed by atoms with Crippen LogP contribution in [0.2, 0.25) is 0 Å². The van der Waals surface area contributed by atoms with Crippen molar-refractivity contribution in [3.63, 3.8) is 0 Å². The Morgan fingerprint density at radius 1 is 1.27 bits per heavy atom. The maximum Gasteiger partial charge on any atom is 0.321 e. The van der Waals surface area contributed by atoms with Crippen LogP contribution in [0.4, 0.5) is 10.5 Å². The van der Waals surface area contributed by atoms with Crippen LogP contribution in [0.5, 0.6) is 0 Å². The number of para-hydroxylation sites is 1. The van der Waals surface area contributed by atoms with Gasteiger partial charge in [0.1, 0.15) is 0 Å². The fraction of sp³-hybridized carbons (Fsp3) is 0.500. The summed E-state index contributed by atoms with van der Waals surface area (Å²) in [5, 5.41) is 4.96. The van der Waals surface area contributed by atoms with Crippen LogP contribution in [-0.2, 0) is 11.3 Å². The molecule has 1 aromatic rings. The zero-order chi connectivity index (χ0) is 16.1. The van der Waals surface area contributed by atoms with Crippen molar-refractivity contribution < 1.29 is 9.59 Å². The summed E-state index contributed by atoms with van der Waals surface area (Å²) in [4.78, 5) is 28.0. The highest BCUT2D eigenvalue weighted by molar-refractivity contribution is 5.96. The summed E-state index contributed by atoms with van der Waals surface area (Å²) < 4.78 is 0. The van der Waals surface area contributed by atoms with Gasteiger partial charge in [-0.1, -0.05) is 18.2 Å². The molecule has 0 bridgehead atoms. The molecule has 22 heavy (non-hydrogen) atoms. The molecule has 0 aliphatic carbocycles. The van der Waals surface area contributed by atoms with E-state index in [1.54, 1.807) is 0 Å². The van der Waals surface area contributed by atoms with E-state index in [-0.39, 0.29) is 11.9 Å². The topological polar surface area (TPSA) is 64.7 Å². The van der Waals surface area contributed by atoms with Gasteiger partial charge in [0, 0.05) is 38.9 Å². The fourth-order valence-electron chi connectivity index (χ4n) is 2.63. The second kappa shape index (κ2) is 7.26. The summed E-state index contributed by atoms with van der Waals surface area (Å²) in [6.07, 6.45) is 0. The molecule has 0 radical (unpaired) electrons. The molecule has 2 N–H and O–H groups in total. The predicted octanol–water partition coefficient (Wildman–Crippen LogP) is 1.17. The van der Waals surface area contributed by atoms with Crippen molar-refractivity contribution in [3.05, 3.63) is 29.8 Å². The molecule has 120 valence electrons. The molecule has 1 aliphatic heterocycles. The van der Waals surface area contributed by atoms with Crippen molar-refractivity contribution in [2.45, 2.75) is 26.4 Å². The summed E-state index contributed by atoms with van der Waals surface area (Å²) in [6, 6.07) is 7.41. The van der Waals surface area contributed by atoms with Gasteiger partial charge in [0.25, 0.3) is 0 Å². The molecule has 2 rings (SSSR count). The number of imide groups is 1. The quantitative estimate of drug-likeness (QED) is 0.880. The largest absolute Gasteiger partial charge is 0.373 e. The third-order valence-electron chi connectivity index (χ3n) is 4.00. The molecule has 1 atom stereocenters.